The number of rotatable bonds is 4. The number of aromatic nitrogens is 1. The molecule has 25 heavy (non-hydrogen) atoms. The van der Waals surface area contributed by atoms with Crippen LogP contribution in [-0.2, 0) is 11.3 Å². The Labute approximate surface area is 151 Å². The van der Waals surface area contributed by atoms with Crippen molar-refractivity contribution in [3.8, 4) is 0 Å². The Morgan fingerprint density at radius 3 is 2.64 bits per heavy atom. The Bertz CT molecular complexity index is 792. The lowest BCUT2D eigenvalue weighted by molar-refractivity contribution is -0.000268. The zero-order valence-electron chi connectivity index (χ0n) is 14.3. The lowest BCUT2D eigenvalue weighted by atomic mass is 10.0. The number of halogens is 2. The number of esters is 1. The first-order chi connectivity index (χ1) is 12.1. The molecule has 0 N–H and O–H groups in total. The van der Waals surface area contributed by atoms with Gasteiger partial charge in [0.05, 0.1) is 12.1 Å². The van der Waals surface area contributed by atoms with Crippen molar-refractivity contribution in [3.63, 3.8) is 0 Å². The summed E-state index contributed by atoms with van der Waals surface area (Å²) in [6.45, 7) is -0.407. The lowest BCUT2D eigenvalue weighted by Gasteiger charge is -2.35. The molecule has 3 atom stereocenters. The van der Waals surface area contributed by atoms with Gasteiger partial charge in [0, 0.05) is 30.3 Å². The average molecular weight is 365 g/mol. The maximum atomic E-state index is 12.9. The van der Waals surface area contributed by atoms with E-state index < -0.39 is 12.6 Å². The van der Waals surface area contributed by atoms with Gasteiger partial charge in [-0.1, -0.05) is 29.8 Å². The maximum Gasteiger partial charge on any atom is 0.342 e. The normalized spacial score (nSPS) is 26.3. The Morgan fingerprint density at radius 1 is 1.28 bits per heavy atom. The summed E-state index contributed by atoms with van der Waals surface area (Å²) in [7, 11) is 2.15. The van der Waals surface area contributed by atoms with Crippen LogP contribution in [0.3, 0.4) is 0 Å². The first kappa shape index (κ1) is 16.9. The van der Waals surface area contributed by atoms with E-state index in [-0.39, 0.29) is 17.8 Å². The van der Waals surface area contributed by atoms with Crippen molar-refractivity contribution in [1.82, 2.24) is 9.47 Å². The molecule has 1 aromatic heterocycles. The average Bonchev–Trinajstić information content (AvgIpc) is 2.97. The van der Waals surface area contributed by atoms with E-state index in [9.17, 15) is 9.18 Å². The van der Waals surface area contributed by atoms with E-state index in [0.717, 1.165) is 23.7 Å². The van der Waals surface area contributed by atoms with Gasteiger partial charge >= 0.3 is 5.97 Å². The summed E-state index contributed by atoms with van der Waals surface area (Å²) in [5.41, 5.74) is 1.12. The molecule has 2 bridgehead atoms. The van der Waals surface area contributed by atoms with Crippen molar-refractivity contribution < 1.29 is 13.9 Å². The van der Waals surface area contributed by atoms with Crippen molar-refractivity contribution in [3.05, 3.63) is 35.0 Å². The number of carbonyl (C=O) groups excluding carboxylic acids is 1. The first-order valence-corrected chi connectivity index (χ1v) is 9.23. The second kappa shape index (κ2) is 6.61. The molecule has 2 fully saturated rings. The summed E-state index contributed by atoms with van der Waals surface area (Å²) in [4.78, 5) is 15.3. The number of hydrogen-bond acceptors (Lipinski definition) is 3. The van der Waals surface area contributed by atoms with Gasteiger partial charge < -0.3 is 14.2 Å². The summed E-state index contributed by atoms with van der Waals surface area (Å²) < 4.78 is 20.4. The van der Waals surface area contributed by atoms with E-state index in [2.05, 4.69) is 11.9 Å². The molecule has 0 radical (unpaired) electrons. The molecule has 0 amide bonds. The molecule has 0 saturated carbocycles. The van der Waals surface area contributed by atoms with Crippen LogP contribution in [0.1, 0.15) is 36.0 Å². The first-order valence-electron chi connectivity index (χ1n) is 8.85. The summed E-state index contributed by atoms with van der Waals surface area (Å²) in [6, 6.07) is 8.40. The van der Waals surface area contributed by atoms with Crippen LogP contribution in [0.2, 0.25) is 5.15 Å². The fourth-order valence-electron chi connectivity index (χ4n) is 4.44. The molecule has 0 unspecified atom stereocenters. The van der Waals surface area contributed by atoms with Crippen LogP contribution in [0.15, 0.2) is 24.3 Å². The van der Waals surface area contributed by atoms with Gasteiger partial charge in [-0.25, -0.2) is 9.18 Å². The van der Waals surface area contributed by atoms with Crippen molar-refractivity contribution in [2.45, 2.75) is 50.4 Å². The smallest absolute Gasteiger partial charge is 0.342 e. The topological polar surface area (TPSA) is 34.5 Å². The number of piperidine rings is 1. The van der Waals surface area contributed by atoms with Gasteiger partial charge in [0.15, 0.2) is 0 Å². The monoisotopic (exact) mass is 364 g/mol. The Morgan fingerprint density at radius 2 is 1.96 bits per heavy atom. The van der Waals surface area contributed by atoms with Gasteiger partial charge in [0.25, 0.3) is 0 Å². The molecule has 6 heteroatoms. The van der Waals surface area contributed by atoms with Crippen LogP contribution in [0.25, 0.3) is 10.9 Å². The minimum atomic E-state index is -0.537. The van der Waals surface area contributed by atoms with Gasteiger partial charge in [-0.3, -0.25) is 0 Å². The van der Waals surface area contributed by atoms with Gasteiger partial charge in [0.2, 0.25) is 0 Å². The molecule has 134 valence electrons. The third-order valence-electron chi connectivity index (χ3n) is 5.75. The number of alkyl halides is 1. The molecular weight excluding hydrogens is 343 g/mol. The van der Waals surface area contributed by atoms with E-state index in [1.807, 2.05) is 24.3 Å². The molecule has 0 aliphatic carbocycles. The molecule has 4 nitrogen and oxygen atoms in total. The van der Waals surface area contributed by atoms with Crippen molar-refractivity contribution in [2.24, 2.45) is 0 Å². The highest BCUT2D eigenvalue weighted by atomic mass is 35.5. The van der Waals surface area contributed by atoms with Crippen LogP contribution in [0.5, 0.6) is 0 Å². The number of ether oxygens (including phenoxy) is 1. The SMILES string of the molecule is CN1[C@@H]2CC[C@H]1C[C@H](OC(=O)c1c(Cl)n(CCF)c3ccccc13)C2. The molecule has 2 aromatic rings. The minimum absolute atomic E-state index is 0.0689. The van der Waals surface area contributed by atoms with Crippen LogP contribution in [-0.4, -0.2) is 47.3 Å². The standard InChI is InChI=1S/C19H22ClFN2O2/c1-22-12-6-7-13(22)11-14(10-12)25-19(24)17-15-4-2-3-5-16(15)23(9-8-21)18(17)20/h2-5,12-14H,6-11H2,1H3/t12-,13+,14-. The van der Waals surface area contributed by atoms with Gasteiger partial charge in [-0.15, -0.1) is 0 Å². The fraction of sp³-hybridized carbons (Fsp3) is 0.526. The molecular formula is C19H22ClFN2O2. The molecule has 3 heterocycles. The Balaban J connectivity index is 1.61. The number of fused-ring (bicyclic) bond motifs is 3. The van der Waals surface area contributed by atoms with E-state index in [4.69, 9.17) is 16.3 Å². The van der Waals surface area contributed by atoms with Crippen molar-refractivity contribution in [1.29, 1.82) is 0 Å². The number of nitrogens with zero attached hydrogens (tertiary/aromatic N) is 2. The molecule has 2 aliphatic heterocycles. The zero-order chi connectivity index (χ0) is 17.6. The number of para-hydroxylation sites is 1. The van der Waals surface area contributed by atoms with Crippen LogP contribution >= 0.6 is 11.6 Å². The van der Waals surface area contributed by atoms with E-state index in [0.29, 0.717) is 17.6 Å². The highest BCUT2D eigenvalue weighted by molar-refractivity contribution is 6.35. The number of aryl methyl sites for hydroxylation is 1. The summed E-state index contributed by atoms with van der Waals surface area (Å²) in [6.07, 6.45) is 4.02. The van der Waals surface area contributed by atoms with Crippen molar-refractivity contribution in [2.75, 3.05) is 13.7 Å². The molecule has 2 saturated heterocycles. The third kappa shape index (κ3) is 2.83. The number of carbonyl (C=O) groups is 1. The maximum absolute atomic E-state index is 12.9. The highest BCUT2D eigenvalue weighted by Gasteiger charge is 2.40. The third-order valence-corrected chi connectivity index (χ3v) is 6.14. The van der Waals surface area contributed by atoms with E-state index >= 15 is 0 Å². The van der Waals surface area contributed by atoms with Crippen LogP contribution < -0.4 is 0 Å². The fourth-order valence-corrected chi connectivity index (χ4v) is 4.79. The molecule has 4 rings (SSSR count). The molecule has 1 aromatic carbocycles. The predicted octanol–water partition coefficient (Wildman–Crippen LogP) is 4.05. The number of hydrogen-bond donors (Lipinski definition) is 0. The van der Waals surface area contributed by atoms with E-state index in [1.165, 1.54) is 12.8 Å². The summed E-state index contributed by atoms with van der Waals surface area (Å²) in [5.74, 6) is -0.396. The van der Waals surface area contributed by atoms with Crippen LogP contribution in [0, 0.1) is 0 Å². The van der Waals surface area contributed by atoms with E-state index in [1.54, 1.807) is 4.57 Å². The second-order valence-electron chi connectivity index (χ2n) is 7.07. The molecule has 0 spiro atoms. The lowest BCUT2D eigenvalue weighted by Crippen LogP contribution is -2.43. The summed E-state index contributed by atoms with van der Waals surface area (Å²) >= 11 is 6.42. The Kier molecular flexibility index (Phi) is 4.46. The second-order valence-corrected chi connectivity index (χ2v) is 7.43. The van der Waals surface area contributed by atoms with Crippen molar-refractivity contribution >= 4 is 28.5 Å². The van der Waals surface area contributed by atoms with Crippen LogP contribution in [0.4, 0.5) is 4.39 Å². The predicted molar refractivity (Wildman–Crippen MR) is 95.9 cm³/mol. The minimum Gasteiger partial charge on any atom is -0.459 e. The quantitative estimate of drug-likeness (QED) is 0.768. The largest absolute Gasteiger partial charge is 0.459 e. The summed E-state index contributed by atoms with van der Waals surface area (Å²) in [5, 5.41) is 0.988. The van der Waals surface area contributed by atoms with Gasteiger partial charge in [-0.05, 0) is 26.0 Å². The Hall–Kier alpha value is -1.59. The number of benzene rings is 1. The van der Waals surface area contributed by atoms with Gasteiger partial charge in [0.1, 0.15) is 23.5 Å². The molecule has 2 aliphatic rings. The zero-order valence-corrected chi connectivity index (χ0v) is 15.0. The highest BCUT2D eigenvalue weighted by Crippen LogP contribution is 2.37. The van der Waals surface area contributed by atoms with Gasteiger partial charge in [-0.2, -0.15) is 0 Å².